The second kappa shape index (κ2) is 3.78. The van der Waals surface area contributed by atoms with Crippen molar-refractivity contribution in [1.82, 2.24) is 0 Å². The van der Waals surface area contributed by atoms with E-state index >= 15 is 0 Å². The first kappa shape index (κ1) is 8.55. The minimum atomic E-state index is 0.890. The fourth-order valence-corrected chi connectivity index (χ4v) is 3.28. The smallest absolute Gasteiger partial charge is 0.00773 e. The van der Waals surface area contributed by atoms with Crippen molar-refractivity contribution in [1.29, 1.82) is 0 Å². The van der Waals surface area contributed by atoms with Crippen molar-refractivity contribution in [2.24, 2.45) is 23.5 Å². The molecule has 1 heteroatoms. The molecule has 0 unspecified atom stereocenters. The van der Waals surface area contributed by atoms with Crippen molar-refractivity contribution >= 4 is 0 Å². The lowest BCUT2D eigenvalue weighted by molar-refractivity contribution is 0.306. The quantitative estimate of drug-likeness (QED) is 0.640. The fraction of sp³-hybridized carbons (Fsp3) is 1.00. The van der Waals surface area contributed by atoms with E-state index in [4.69, 9.17) is 5.73 Å². The lowest BCUT2D eigenvalue weighted by Crippen LogP contribution is -2.10. The van der Waals surface area contributed by atoms with E-state index in [2.05, 4.69) is 0 Å². The highest BCUT2D eigenvalue weighted by molar-refractivity contribution is 4.89. The topological polar surface area (TPSA) is 26.0 Å². The zero-order chi connectivity index (χ0) is 8.39. The minimum absolute atomic E-state index is 0.890. The van der Waals surface area contributed by atoms with E-state index in [0.29, 0.717) is 0 Å². The summed E-state index contributed by atoms with van der Waals surface area (Å²) >= 11 is 0. The third kappa shape index (κ3) is 1.66. The van der Waals surface area contributed by atoms with Crippen LogP contribution in [0.5, 0.6) is 0 Å². The Labute approximate surface area is 75.7 Å². The molecule has 1 nitrogen and oxygen atoms in total. The number of rotatable bonds is 4. The van der Waals surface area contributed by atoms with Crippen molar-refractivity contribution in [3.8, 4) is 0 Å². The molecule has 0 aromatic carbocycles. The lowest BCUT2D eigenvalue weighted by atomic mass is 9.85. The average Bonchev–Trinajstić information content (AvgIpc) is 2.65. The first-order valence-corrected chi connectivity index (χ1v) is 5.60. The van der Waals surface area contributed by atoms with Crippen LogP contribution >= 0.6 is 0 Å². The summed E-state index contributed by atoms with van der Waals surface area (Å²) in [5.74, 6) is 3.33. The molecule has 2 saturated carbocycles. The highest BCUT2D eigenvalue weighted by atomic mass is 14.5. The van der Waals surface area contributed by atoms with E-state index in [1.807, 2.05) is 0 Å². The van der Waals surface area contributed by atoms with Crippen molar-refractivity contribution < 1.29 is 0 Å². The van der Waals surface area contributed by atoms with Gasteiger partial charge in [-0.1, -0.05) is 19.3 Å². The normalized spacial score (nSPS) is 39.2. The maximum atomic E-state index is 5.49. The van der Waals surface area contributed by atoms with Gasteiger partial charge in [0, 0.05) is 0 Å². The molecule has 2 bridgehead atoms. The number of nitrogens with two attached hydrogens (primary N) is 1. The van der Waals surface area contributed by atoms with Crippen LogP contribution in [0.1, 0.15) is 44.9 Å². The van der Waals surface area contributed by atoms with Gasteiger partial charge in [0.15, 0.2) is 0 Å². The molecule has 0 amide bonds. The molecular weight excluding hydrogens is 146 g/mol. The van der Waals surface area contributed by atoms with Gasteiger partial charge in [0.05, 0.1) is 0 Å². The first-order valence-electron chi connectivity index (χ1n) is 5.60. The van der Waals surface area contributed by atoms with E-state index in [-0.39, 0.29) is 0 Å². The summed E-state index contributed by atoms with van der Waals surface area (Å²) < 4.78 is 0. The van der Waals surface area contributed by atoms with Crippen LogP contribution in [0.25, 0.3) is 0 Å². The van der Waals surface area contributed by atoms with Gasteiger partial charge in [-0.3, -0.25) is 0 Å². The molecule has 0 saturated heterocycles. The van der Waals surface area contributed by atoms with Crippen LogP contribution in [0.15, 0.2) is 0 Å². The zero-order valence-electron chi connectivity index (χ0n) is 7.97. The Morgan fingerprint density at radius 2 is 2.00 bits per heavy atom. The Kier molecular flexibility index (Phi) is 2.69. The van der Waals surface area contributed by atoms with E-state index in [0.717, 1.165) is 24.3 Å². The molecule has 0 aliphatic heterocycles. The average molecular weight is 167 g/mol. The van der Waals surface area contributed by atoms with Gasteiger partial charge in [-0.15, -0.1) is 0 Å². The maximum Gasteiger partial charge on any atom is -0.00773 e. The molecule has 0 aromatic heterocycles. The van der Waals surface area contributed by atoms with Gasteiger partial charge in [0.1, 0.15) is 0 Å². The van der Waals surface area contributed by atoms with Crippen molar-refractivity contribution in [3.63, 3.8) is 0 Å². The van der Waals surface area contributed by atoms with Crippen LogP contribution in [0.4, 0.5) is 0 Å². The molecule has 2 N–H and O–H groups in total. The Bertz CT molecular complexity index is 144. The van der Waals surface area contributed by atoms with Crippen LogP contribution in [0.2, 0.25) is 0 Å². The molecule has 2 aliphatic carbocycles. The van der Waals surface area contributed by atoms with Gasteiger partial charge < -0.3 is 5.73 Å². The molecule has 70 valence electrons. The molecule has 12 heavy (non-hydrogen) atoms. The van der Waals surface area contributed by atoms with Crippen molar-refractivity contribution in [3.05, 3.63) is 0 Å². The summed E-state index contributed by atoms with van der Waals surface area (Å²) in [5.41, 5.74) is 5.49. The highest BCUT2D eigenvalue weighted by Gasteiger charge is 2.38. The Hall–Kier alpha value is -0.0400. The molecule has 3 atom stereocenters. The molecule has 2 rings (SSSR count). The van der Waals surface area contributed by atoms with Gasteiger partial charge in [0.2, 0.25) is 0 Å². The zero-order valence-corrected chi connectivity index (χ0v) is 7.97. The predicted octanol–water partition coefficient (Wildman–Crippen LogP) is 2.55. The van der Waals surface area contributed by atoms with E-state index in [9.17, 15) is 0 Å². The Morgan fingerprint density at radius 1 is 1.08 bits per heavy atom. The number of unbranched alkanes of at least 4 members (excludes halogenated alkanes) is 1. The number of hydrogen-bond acceptors (Lipinski definition) is 1. The van der Waals surface area contributed by atoms with Crippen LogP contribution in [-0.2, 0) is 0 Å². The van der Waals surface area contributed by atoms with Crippen LogP contribution in [-0.4, -0.2) is 6.54 Å². The monoisotopic (exact) mass is 167 g/mol. The van der Waals surface area contributed by atoms with Crippen molar-refractivity contribution in [2.45, 2.75) is 44.9 Å². The maximum absolute atomic E-state index is 5.49. The molecular formula is C11H21N. The molecule has 2 fully saturated rings. The molecule has 0 radical (unpaired) electrons. The first-order chi connectivity index (χ1) is 5.90. The van der Waals surface area contributed by atoms with Crippen LogP contribution in [0, 0.1) is 17.8 Å². The predicted molar refractivity (Wildman–Crippen MR) is 51.8 cm³/mol. The Morgan fingerprint density at radius 3 is 2.58 bits per heavy atom. The SMILES string of the molecule is NCCCC[C@H]1C[C@H]2CC[C@H]1C2. The molecule has 0 aromatic rings. The number of fused-ring (bicyclic) bond motifs is 2. The summed E-state index contributed by atoms with van der Waals surface area (Å²) in [6.45, 7) is 0.890. The standard InChI is InChI=1S/C11H21N/c12-6-2-1-3-10-7-9-4-5-11(10)8-9/h9-11H,1-8,12H2/t9-,10+,11+/m1/s1. The third-order valence-electron chi connectivity index (χ3n) is 3.91. The summed E-state index contributed by atoms with van der Waals surface area (Å²) in [4.78, 5) is 0. The minimum Gasteiger partial charge on any atom is -0.330 e. The van der Waals surface area contributed by atoms with Gasteiger partial charge >= 0.3 is 0 Å². The van der Waals surface area contributed by atoms with E-state index in [1.54, 1.807) is 12.8 Å². The van der Waals surface area contributed by atoms with Gasteiger partial charge in [-0.2, -0.15) is 0 Å². The molecule has 2 aliphatic rings. The lowest BCUT2D eigenvalue weighted by Gasteiger charge is -2.21. The summed E-state index contributed by atoms with van der Waals surface area (Å²) in [6.07, 6.45) is 10.3. The van der Waals surface area contributed by atoms with Gasteiger partial charge in [-0.05, 0) is 50.0 Å². The second-order valence-corrected chi connectivity index (χ2v) is 4.72. The van der Waals surface area contributed by atoms with Crippen LogP contribution < -0.4 is 5.73 Å². The van der Waals surface area contributed by atoms with Crippen LogP contribution in [0.3, 0.4) is 0 Å². The highest BCUT2D eigenvalue weighted by Crippen LogP contribution is 2.49. The summed E-state index contributed by atoms with van der Waals surface area (Å²) in [5, 5.41) is 0. The van der Waals surface area contributed by atoms with E-state index in [1.165, 1.54) is 32.1 Å². The summed E-state index contributed by atoms with van der Waals surface area (Å²) in [6, 6.07) is 0. The Balaban J connectivity index is 1.69. The van der Waals surface area contributed by atoms with Gasteiger partial charge in [-0.25, -0.2) is 0 Å². The number of hydrogen-bond donors (Lipinski definition) is 1. The molecule has 0 spiro atoms. The van der Waals surface area contributed by atoms with E-state index < -0.39 is 0 Å². The molecule has 0 heterocycles. The third-order valence-corrected chi connectivity index (χ3v) is 3.91. The van der Waals surface area contributed by atoms with Gasteiger partial charge in [0.25, 0.3) is 0 Å². The second-order valence-electron chi connectivity index (χ2n) is 4.72. The van der Waals surface area contributed by atoms with Crippen molar-refractivity contribution in [2.75, 3.05) is 6.54 Å². The largest absolute Gasteiger partial charge is 0.330 e. The fourth-order valence-electron chi connectivity index (χ4n) is 3.28. The summed E-state index contributed by atoms with van der Waals surface area (Å²) in [7, 11) is 0.